The van der Waals surface area contributed by atoms with Crippen LogP contribution in [0.3, 0.4) is 0 Å². The molecule has 0 aliphatic carbocycles. The van der Waals surface area contributed by atoms with Crippen LogP contribution in [0.2, 0.25) is 0 Å². The summed E-state index contributed by atoms with van der Waals surface area (Å²) >= 11 is 4.84. The fourth-order valence-corrected chi connectivity index (χ4v) is 1.24. The maximum Gasteiger partial charge on any atom is 0.145 e. The zero-order chi connectivity index (χ0) is 11.4. The van der Waals surface area contributed by atoms with E-state index in [1.165, 1.54) is 5.56 Å². The zero-order valence-corrected chi connectivity index (χ0v) is 10.2. The monoisotopic (exact) mass is 223 g/mol. The molecule has 0 aromatic heterocycles. The van der Waals surface area contributed by atoms with Crippen molar-refractivity contribution in [2.24, 2.45) is 5.73 Å². The predicted octanol–water partition coefficient (Wildman–Crippen LogP) is 2.86. The Bertz CT molecular complexity index is 332. The van der Waals surface area contributed by atoms with Gasteiger partial charge in [0.25, 0.3) is 0 Å². The minimum Gasteiger partial charge on any atom is -0.484 e. The van der Waals surface area contributed by atoms with Crippen LogP contribution in [0.15, 0.2) is 24.3 Å². The van der Waals surface area contributed by atoms with Crippen LogP contribution >= 0.6 is 12.2 Å². The van der Waals surface area contributed by atoms with Gasteiger partial charge < -0.3 is 10.5 Å². The highest BCUT2D eigenvalue weighted by molar-refractivity contribution is 7.80. The van der Waals surface area contributed by atoms with Crippen molar-refractivity contribution >= 4 is 17.2 Å². The summed E-state index contributed by atoms with van der Waals surface area (Å²) in [6, 6.07) is 8.02. The smallest absolute Gasteiger partial charge is 0.145 e. The number of rotatable bonds is 4. The number of benzene rings is 1. The van der Waals surface area contributed by atoms with E-state index >= 15 is 0 Å². The molecule has 0 radical (unpaired) electrons. The zero-order valence-electron chi connectivity index (χ0n) is 9.36. The van der Waals surface area contributed by atoms with Gasteiger partial charge in [-0.05, 0) is 30.5 Å². The molecular weight excluding hydrogens is 206 g/mol. The summed E-state index contributed by atoms with van der Waals surface area (Å²) in [6.45, 7) is 6.17. The van der Waals surface area contributed by atoms with Gasteiger partial charge in [0.1, 0.15) is 16.8 Å². The van der Waals surface area contributed by atoms with Gasteiger partial charge in [0.15, 0.2) is 0 Å². The molecule has 3 heteroatoms. The molecule has 0 bridgehead atoms. The van der Waals surface area contributed by atoms with Crippen molar-refractivity contribution in [2.75, 3.05) is 0 Å². The molecule has 0 aliphatic rings. The van der Waals surface area contributed by atoms with Crippen molar-refractivity contribution in [3.63, 3.8) is 0 Å². The van der Waals surface area contributed by atoms with Gasteiger partial charge in [-0.2, -0.15) is 0 Å². The van der Waals surface area contributed by atoms with Gasteiger partial charge in [-0.25, -0.2) is 0 Å². The standard InChI is InChI=1S/C12H17NOS/c1-8(2)10-4-6-11(7-5-10)14-9(3)12(13)15/h4-9H,1-3H3,(H2,13,15). The summed E-state index contributed by atoms with van der Waals surface area (Å²) in [4.78, 5) is 0.378. The first-order chi connectivity index (χ1) is 7.00. The van der Waals surface area contributed by atoms with E-state index in [1.807, 2.05) is 19.1 Å². The van der Waals surface area contributed by atoms with Crippen LogP contribution in [0.1, 0.15) is 32.3 Å². The van der Waals surface area contributed by atoms with Gasteiger partial charge in [0.2, 0.25) is 0 Å². The second-order valence-electron chi connectivity index (χ2n) is 3.89. The molecule has 82 valence electrons. The van der Waals surface area contributed by atoms with Gasteiger partial charge in [0, 0.05) is 0 Å². The molecule has 1 aromatic rings. The fourth-order valence-electron chi connectivity index (χ4n) is 1.19. The van der Waals surface area contributed by atoms with E-state index in [2.05, 4.69) is 26.0 Å². The van der Waals surface area contributed by atoms with Crippen LogP contribution < -0.4 is 10.5 Å². The first-order valence-corrected chi connectivity index (χ1v) is 5.47. The summed E-state index contributed by atoms with van der Waals surface area (Å²) in [7, 11) is 0. The van der Waals surface area contributed by atoms with E-state index in [-0.39, 0.29) is 6.10 Å². The van der Waals surface area contributed by atoms with Crippen LogP contribution in [0.4, 0.5) is 0 Å². The second kappa shape index (κ2) is 5.12. The van der Waals surface area contributed by atoms with Gasteiger partial charge >= 0.3 is 0 Å². The molecule has 0 saturated heterocycles. The van der Waals surface area contributed by atoms with Gasteiger partial charge in [-0.1, -0.05) is 38.2 Å². The summed E-state index contributed by atoms with van der Waals surface area (Å²) in [5.74, 6) is 1.34. The average molecular weight is 223 g/mol. The average Bonchev–Trinajstić information content (AvgIpc) is 2.18. The van der Waals surface area contributed by atoms with Crippen LogP contribution in [-0.4, -0.2) is 11.1 Å². The largest absolute Gasteiger partial charge is 0.484 e. The molecule has 0 heterocycles. The summed E-state index contributed by atoms with van der Waals surface area (Å²) in [6.07, 6.45) is -0.218. The van der Waals surface area contributed by atoms with Crippen molar-refractivity contribution in [3.05, 3.63) is 29.8 Å². The van der Waals surface area contributed by atoms with Crippen LogP contribution in [-0.2, 0) is 0 Å². The summed E-state index contributed by atoms with van der Waals surface area (Å²) in [5.41, 5.74) is 6.76. The Morgan fingerprint density at radius 2 is 1.73 bits per heavy atom. The summed E-state index contributed by atoms with van der Waals surface area (Å²) in [5, 5.41) is 0. The lowest BCUT2D eigenvalue weighted by Crippen LogP contribution is -2.28. The molecule has 0 fully saturated rings. The minimum absolute atomic E-state index is 0.218. The van der Waals surface area contributed by atoms with Gasteiger partial charge in [-0.15, -0.1) is 0 Å². The molecule has 2 N–H and O–H groups in total. The number of hydrogen-bond donors (Lipinski definition) is 1. The maximum absolute atomic E-state index is 5.54. The Balaban J connectivity index is 2.68. The van der Waals surface area contributed by atoms with E-state index in [0.29, 0.717) is 10.9 Å². The second-order valence-corrected chi connectivity index (χ2v) is 4.36. The van der Waals surface area contributed by atoms with Gasteiger partial charge in [-0.3, -0.25) is 0 Å². The SMILES string of the molecule is CC(Oc1ccc(C(C)C)cc1)C(N)=S. The molecule has 1 unspecified atom stereocenters. The molecule has 2 nitrogen and oxygen atoms in total. The van der Waals surface area contributed by atoms with Crippen molar-refractivity contribution in [3.8, 4) is 5.75 Å². The normalized spacial score (nSPS) is 12.5. The number of ether oxygens (including phenoxy) is 1. The lowest BCUT2D eigenvalue weighted by Gasteiger charge is -2.13. The molecule has 0 saturated carbocycles. The Labute approximate surface area is 96.4 Å². The quantitative estimate of drug-likeness (QED) is 0.797. The first kappa shape index (κ1) is 12.0. The highest BCUT2D eigenvalue weighted by Crippen LogP contribution is 2.19. The van der Waals surface area contributed by atoms with Crippen molar-refractivity contribution in [1.82, 2.24) is 0 Å². The van der Waals surface area contributed by atoms with Crippen molar-refractivity contribution in [1.29, 1.82) is 0 Å². The molecule has 1 aromatic carbocycles. The predicted molar refractivity (Wildman–Crippen MR) is 67.4 cm³/mol. The lowest BCUT2D eigenvalue weighted by molar-refractivity contribution is 0.288. The molecule has 0 amide bonds. The number of hydrogen-bond acceptors (Lipinski definition) is 2. The summed E-state index contributed by atoms with van der Waals surface area (Å²) < 4.78 is 5.54. The molecule has 1 atom stereocenters. The Morgan fingerprint density at radius 1 is 1.20 bits per heavy atom. The Kier molecular flexibility index (Phi) is 4.09. The fraction of sp³-hybridized carbons (Fsp3) is 0.417. The van der Waals surface area contributed by atoms with Crippen LogP contribution in [0, 0.1) is 0 Å². The third-order valence-electron chi connectivity index (χ3n) is 2.26. The molecular formula is C12H17NOS. The minimum atomic E-state index is -0.218. The molecule has 1 rings (SSSR count). The number of thiocarbonyl (C=S) groups is 1. The van der Waals surface area contributed by atoms with Crippen molar-refractivity contribution in [2.45, 2.75) is 32.8 Å². The third-order valence-corrected chi connectivity index (χ3v) is 2.59. The highest BCUT2D eigenvalue weighted by atomic mass is 32.1. The van der Waals surface area contributed by atoms with E-state index in [9.17, 15) is 0 Å². The third kappa shape index (κ3) is 3.51. The molecule has 0 spiro atoms. The van der Waals surface area contributed by atoms with E-state index < -0.39 is 0 Å². The van der Waals surface area contributed by atoms with E-state index in [0.717, 1.165) is 5.75 Å². The van der Waals surface area contributed by atoms with Gasteiger partial charge in [0.05, 0.1) is 0 Å². The van der Waals surface area contributed by atoms with E-state index in [1.54, 1.807) is 0 Å². The highest BCUT2D eigenvalue weighted by Gasteiger charge is 2.06. The molecule has 15 heavy (non-hydrogen) atoms. The maximum atomic E-state index is 5.54. The Morgan fingerprint density at radius 3 is 2.13 bits per heavy atom. The van der Waals surface area contributed by atoms with Crippen LogP contribution in [0.5, 0.6) is 5.75 Å². The number of nitrogens with two attached hydrogens (primary N) is 1. The topological polar surface area (TPSA) is 35.2 Å². The Hall–Kier alpha value is -1.09. The van der Waals surface area contributed by atoms with Crippen molar-refractivity contribution < 1.29 is 4.74 Å². The van der Waals surface area contributed by atoms with Crippen LogP contribution in [0.25, 0.3) is 0 Å². The molecule has 0 aliphatic heterocycles. The first-order valence-electron chi connectivity index (χ1n) is 5.06. The lowest BCUT2D eigenvalue weighted by atomic mass is 10.0. The van der Waals surface area contributed by atoms with E-state index in [4.69, 9.17) is 22.7 Å².